The van der Waals surface area contributed by atoms with E-state index in [1.807, 2.05) is 0 Å². The second-order valence-electron chi connectivity index (χ2n) is 4.74. The summed E-state index contributed by atoms with van der Waals surface area (Å²) in [5, 5.41) is 11.0. The zero-order chi connectivity index (χ0) is 16.2. The molecule has 2 amide bonds. The molecule has 0 aliphatic rings. The molecule has 0 saturated heterocycles. The minimum absolute atomic E-state index is 0.136. The number of nitrogens with one attached hydrogen (secondary N) is 1. The Hall–Kier alpha value is -2.18. The third-order valence-corrected chi connectivity index (χ3v) is 3.09. The molecule has 0 spiro atoms. The SMILES string of the molecule is CCN(C(=O)Nc1cc(F)c(C)cc1F)C(C)CC(=O)O. The number of hydrogen-bond acceptors (Lipinski definition) is 2. The third kappa shape index (κ3) is 4.40. The Bertz CT molecular complexity index is 549. The van der Waals surface area contributed by atoms with Gasteiger partial charge >= 0.3 is 12.0 Å². The number of aryl methyl sites for hydroxylation is 1. The van der Waals surface area contributed by atoms with E-state index in [4.69, 9.17) is 5.11 Å². The Labute approximate surface area is 121 Å². The molecule has 1 atom stereocenters. The minimum Gasteiger partial charge on any atom is -0.481 e. The molecule has 1 rings (SSSR count). The molecule has 0 saturated carbocycles. The van der Waals surface area contributed by atoms with Crippen LogP contribution >= 0.6 is 0 Å². The van der Waals surface area contributed by atoms with Crippen molar-refractivity contribution in [1.29, 1.82) is 0 Å². The monoisotopic (exact) mass is 300 g/mol. The molecule has 116 valence electrons. The molecule has 1 unspecified atom stereocenters. The maximum absolute atomic E-state index is 13.7. The van der Waals surface area contributed by atoms with Gasteiger partial charge in [0.25, 0.3) is 0 Å². The van der Waals surface area contributed by atoms with Crippen LogP contribution in [-0.2, 0) is 4.79 Å². The number of aliphatic carboxylic acids is 1. The lowest BCUT2D eigenvalue weighted by Crippen LogP contribution is -2.42. The first kappa shape index (κ1) is 16.9. The maximum Gasteiger partial charge on any atom is 0.322 e. The standard InChI is InChI=1S/C14H18F2N2O3/c1-4-18(9(3)6-13(19)20)14(21)17-12-7-10(15)8(2)5-11(12)16/h5,7,9H,4,6H2,1-3H3,(H,17,21)(H,19,20). The van der Waals surface area contributed by atoms with Crippen molar-refractivity contribution in [2.75, 3.05) is 11.9 Å². The fourth-order valence-corrected chi connectivity index (χ4v) is 1.95. The Morgan fingerprint density at radius 3 is 2.48 bits per heavy atom. The highest BCUT2D eigenvalue weighted by Crippen LogP contribution is 2.19. The molecule has 0 fully saturated rings. The Balaban J connectivity index is 2.88. The summed E-state index contributed by atoms with van der Waals surface area (Å²) in [6.45, 7) is 4.90. The van der Waals surface area contributed by atoms with Gasteiger partial charge in [-0.3, -0.25) is 4.79 Å². The first-order valence-electron chi connectivity index (χ1n) is 6.51. The van der Waals surface area contributed by atoms with Gasteiger partial charge in [-0.25, -0.2) is 13.6 Å². The zero-order valence-corrected chi connectivity index (χ0v) is 12.1. The van der Waals surface area contributed by atoms with Crippen molar-refractivity contribution in [1.82, 2.24) is 4.90 Å². The smallest absolute Gasteiger partial charge is 0.322 e. The number of anilines is 1. The van der Waals surface area contributed by atoms with Crippen LogP contribution in [0, 0.1) is 18.6 Å². The van der Waals surface area contributed by atoms with Crippen LogP contribution in [0.3, 0.4) is 0 Å². The summed E-state index contributed by atoms with van der Waals surface area (Å²) in [7, 11) is 0. The van der Waals surface area contributed by atoms with Crippen molar-refractivity contribution in [2.24, 2.45) is 0 Å². The number of benzene rings is 1. The van der Waals surface area contributed by atoms with Crippen LogP contribution in [-0.4, -0.2) is 34.6 Å². The number of hydrogen-bond donors (Lipinski definition) is 2. The van der Waals surface area contributed by atoms with Crippen LogP contribution in [0.5, 0.6) is 0 Å². The summed E-state index contributed by atoms with van der Waals surface area (Å²) in [6, 6.07) is 0.652. The third-order valence-electron chi connectivity index (χ3n) is 3.09. The minimum atomic E-state index is -1.04. The molecule has 1 aromatic carbocycles. The highest BCUT2D eigenvalue weighted by molar-refractivity contribution is 5.90. The number of urea groups is 1. The van der Waals surface area contributed by atoms with Crippen LogP contribution in [0.1, 0.15) is 25.8 Å². The van der Waals surface area contributed by atoms with Gasteiger partial charge in [0.1, 0.15) is 11.6 Å². The molecule has 0 aliphatic heterocycles. The summed E-state index contributed by atoms with van der Waals surface area (Å²) in [4.78, 5) is 24.0. The average Bonchev–Trinajstić information content (AvgIpc) is 2.35. The van der Waals surface area contributed by atoms with E-state index in [0.717, 1.165) is 12.1 Å². The first-order valence-corrected chi connectivity index (χ1v) is 6.51. The van der Waals surface area contributed by atoms with E-state index in [1.165, 1.54) is 11.8 Å². The largest absolute Gasteiger partial charge is 0.481 e. The van der Waals surface area contributed by atoms with Crippen LogP contribution < -0.4 is 5.32 Å². The number of carbonyl (C=O) groups excluding carboxylic acids is 1. The zero-order valence-electron chi connectivity index (χ0n) is 12.1. The van der Waals surface area contributed by atoms with Crippen molar-refractivity contribution in [2.45, 2.75) is 33.2 Å². The van der Waals surface area contributed by atoms with Gasteiger partial charge in [-0.2, -0.15) is 0 Å². The lowest BCUT2D eigenvalue weighted by molar-refractivity contribution is -0.137. The number of nitrogens with zero attached hydrogens (tertiary/aromatic N) is 1. The number of carboxylic acid groups (broad SMARTS) is 1. The van der Waals surface area contributed by atoms with Crippen molar-refractivity contribution in [3.8, 4) is 0 Å². The Morgan fingerprint density at radius 2 is 1.95 bits per heavy atom. The lowest BCUT2D eigenvalue weighted by Gasteiger charge is -2.27. The topological polar surface area (TPSA) is 69.6 Å². The molecule has 0 aliphatic carbocycles. The number of halogens is 2. The highest BCUT2D eigenvalue weighted by atomic mass is 19.1. The van der Waals surface area contributed by atoms with E-state index >= 15 is 0 Å². The summed E-state index contributed by atoms with van der Waals surface area (Å²) in [6.07, 6.45) is -0.230. The van der Waals surface area contributed by atoms with Gasteiger partial charge in [0.05, 0.1) is 12.1 Å². The summed E-state index contributed by atoms with van der Waals surface area (Å²) >= 11 is 0. The van der Waals surface area contributed by atoms with E-state index in [1.54, 1.807) is 13.8 Å². The first-order chi connectivity index (χ1) is 9.76. The van der Waals surface area contributed by atoms with Crippen LogP contribution in [0.25, 0.3) is 0 Å². The van der Waals surface area contributed by atoms with Gasteiger partial charge in [0.15, 0.2) is 0 Å². The van der Waals surface area contributed by atoms with Gasteiger partial charge in [0, 0.05) is 18.7 Å². The van der Waals surface area contributed by atoms with E-state index in [2.05, 4.69) is 5.32 Å². The van der Waals surface area contributed by atoms with E-state index in [9.17, 15) is 18.4 Å². The second-order valence-corrected chi connectivity index (χ2v) is 4.74. The van der Waals surface area contributed by atoms with Crippen molar-refractivity contribution in [3.05, 3.63) is 29.3 Å². The maximum atomic E-state index is 13.7. The number of amides is 2. The molecule has 0 bridgehead atoms. The molecule has 21 heavy (non-hydrogen) atoms. The number of carbonyl (C=O) groups is 2. The van der Waals surface area contributed by atoms with Gasteiger partial charge in [0.2, 0.25) is 0 Å². The number of rotatable bonds is 5. The van der Waals surface area contributed by atoms with Crippen LogP contribution in [0.4, 0.5) is 19.3 Å². The van der Waals surface area contributed by atoms with Crippen LogP contribution in [0.2, 0.25) is 0 Å². The fraction of sp³-hybridized carbons (Fsp3) is 0.429. The Morgan fingerprint density at radius 1 is 1.33 bits per heavy atom. The number of carboxylic acids is 1. The summed E-state index contributed by atoms with van der Waals surface area (Å²) < 4.78 is 27.1. The second kappa shape index (κ2) is 7.01. The molecule has 0 radical (unpaired) electrons. The molecular weight excluding hydrogens is 282 g/mol. The molecule has 1 aromatic rings. The van der Waals surface area contributed by atoms with Crippen molar-refractivity contribution < 1.29 is 23.5 Å². The Kier molecular flexibility index (Phi) is 5.63. The molecule has 0 heterocycles. The predicted molar refractivity (Wildman–Crippen MR) is 74.2 cm³/mol. The van der Waals surface area contributed by atoms with E-state index < -0.39 is 29.7 Å². The van der Waals surface area contributed by atoms with Gasteiger partial charge < -0.3 is 15.3 Å². The fourth-order valence-electron chi connectivity index (χ4n) is 1.95. The molecule has 7 heteroatoms. The summed E-state index contributed by atoms with van der Waals surface area (Å²) in [5.74, 6) is -2.42. The van der Waals surface area contributed by atoms with Crippen molar-refractivity contribution in [3.63, 3.8) is 0 Å². The van der Waals surface area contributed by atoms with Crippen molar-refractivity contribution >= 4 is 17.7 Å². The molecule has 2 N–H and O–H groups in total. The van der Waals surface area contributed by atoms with E-state index in [0.29, 0.717) is 0 Å². The molecule has 5 nitrogen and oxygen atoms in total. The van der Waals surface area contributed by atoms with Gasteiger partial charge in [-0.15, -0.1) is 0 Å². The average molecular weight is 300 g/mol. The quantitative estimate of drug-likeness (QED) is 0.878. The lowest BCUT2D eigenvalue weighted by atomic mass is 10.2. The molecule has 0 aromatic heterocycles. The predicted octanol–water partition coefficient (Wildman–Crippen LogP) is 2.99. The van der Waals surface area contributed by atoms with E-state index in [-0.39, 0.29) is 24.2 Å². The van der Waals surface area contributed by atoms with Gasteiger partial charge in [-0.05, 0) is 32.4 Å². The molecular formula is C14H18F2N2O3. The van der Waals surface area contributed by atoms with Gasteiger partial charge in [-0.1, -0.05) is 0 Å². The van der Waals surface area contributed by atoms with Crippen LogP contribution in [0.15, 0.2) is 12.1 Å². The normalized spacial score (nSPS) is 11.9. The summed E-state index contributed by atoms with van der Waals surface area (Å²) in [5.41, 5.74) is -0.138. The highest BCUT2D eigenvalue weighted by Gasteiger charge is 2.22.